The minimum Gasteiger partial charge on any atom is -0.338 e. The summed E-state index contributed by atoms with van der Waals surface area (Å²) >= 11 is 0. The predicted molar refractivity (Wildman–Crippen MR) is 96.3 cm³/mol. The zero-order chi connectivity index (χ0) is 18.1. The first kappa shape index (κ1) is 16.3. The molecular formula is C19H19N5O2. The molecule has 0 unspecified atom stereocenters. The average Bonchev–Trinajstić information content (AvgIpc) is 3.14. The Morgan fingerprint density at radius 2 is 1.96 bits per heavy atom. The summed E-state index contributed by atoms with van der Waals surface area (Å²) in [5, 5.41) is 7.16. The molecule has 3 heterocycles. The molecule has 0 spiro atoms. The molecule has 1 saturated heterocycles. The number of amides is 2. The molecule has 7 nitrogen and oxygen atoms in total. The number of nitrogens with one attached hydrogen (secondary N) is 1. The smallest absolute Gasteiger partial charge is 0.231 e. The van der Waals surface area contributed by atoms with E-state index in [1.807, 2.05) is 30.3 Å². The van der Waals surface area contributed by atoms with Gasteiger partial charge < -0.3 is 10.2 Å². The molecule has 2 aromatic heterocycles. The van der Waals surface area contributed by atoms with Crippen molar-refractivity contribution >= 4 is 23.3 Å². The molecule has 1 aliphatic heterocycles. The quantitative estimate of drug-likeness (QED) is 0.787. The van der Waals surface area contributed by atoms with E-state index in [0.29, 0.717) is 24.3 Å². The third-order valence-electron chi connectivity index (χ3n) is 4.88. The predicted octanol–water partition coefficient (Wildman–Crippen LogP) is 2.28. The summed E-state index contributed by atoms with van der Waals surface area (Å²) in [7, 11) is 1.76. The average molecular weight is 349 g/mol. The Balaban J connectivity index is 1.65. The van der Waals surface area contributed by atoms with E-state index in [1.165, 1.54) is 0 Å². The summed E-state index contributed by atoms with van der Waals surface area (Å²) in [6.07, 6.45) is 4.16. The van der Waals surface area contributed by atoms with Crippen LogP contribution < -0.4 is 5.32 Å². The first-order chi connectivity index (χ1) is 12.6. The summed E-state index contributed by atoms with van der Waals surface area (Å²) in [4.78, 5) is 31.2. The standard InChI is InChI=1S/C19H19N5O2/c1-23-17(25)8-7-14(18(23)13-5-3-2-4-6-13)19(26)22-16-9-11-20-15-10-12-21-24(15)16/h2-6,9-12,14,18H,7-8H2,1H3,(H,22,26)/t14-,18-/m1/s1. The number of piperidine rings is 1. The Morgan fingerprint density at radius 1 is 1.15 bits per heavy atom. The molecule has 1 fully saturated rings. The van der Waals surface area contributed by atoms with Gasteiger partial charge in [0.05, 0.1) is 18.2 Å². The van der Waals surface area contributed by atoms with Gasteiger partial charge in [0.1, 0.15) is 5.82 Å². The van der Waals surface area contributed by atoms with E-state index in [-0.39, 0.29) is 23.8 Å². The highest BCUT2D eigenvalue weighted by Crippen LogP contribution is 2.36. The number of carbonyl (C=O) groups excluding carboxylic acids is 2. The van der Waals surface area contributed by atoms with Crippen LogP contribution in [0.3, 0.4) is 0 Å². The highest BCUT2D eigenvalue weighted by Gasteiger charge is 2.38. The van der Waals surface area contributed by atoms with Gasteiger partial charge in [0.15, 0.2) is 5.65 Å². The Bertz CT molecular complexity index is 953. The maximum absolute atomic E-state index is 13.1. The van der Waals surface area contributed by atoms with Crippen molar-refractivity contribution in [2.24, 2.45) is 5.92 Å². The van der Waals surface area contributed by atoms with Crippen molar-refractivity contribution in [1.29, 1.82) is 0 Å². The molecule has 132 valence electrons. The third-order valence-corrected chi connectivity index (χ3v) is 4.88. The van der Waals surface area contributed by atoms with Gasteiger partial charge >= 0.3 is 0 Å². The molecule has 1 N–H and O–H groups in total. The van der Waals surface area contributed by atoms with E-state index < -0.39 is 0 Å². The van der Waals surface area contributed by atoms with Crippen molar-refractivity contribution in [2.45, 2.75) is 18.9 Å². The van der Waals surface area contributed by atoms with Crippen molar-refractivity contribution in [3.8, 4) is 0 Å². The van der Waals surface area contributed by atoms with Gasteiger partial charge in [0, 0.05) is 25.7 Å². The maximum atomic E-state index is 13.1. The largest absolute Gasteiger partial charge is 0.338 e. The van der Waals surface area contributed by atoms with E-state index in [0.717, 1.165) is 5.56 Å². The number of nitrogens with zero attached hydrogens (tertiary/aromatic N) is 4. The Hall–Kier alpha value is -3.22. The summed E-state index contributed by atoms with van der Waals surface area (Å²) in [5.41, 5.74) is 1.63. The van der Waals surface area contributed by atoms with Crippen molar-refractivity contribution in [3.05, 3.63) is 60.4 Å². The third kappa shape index (κ3) is 2.81. The highest BCUT2D eigenvalue weighted by atomic mass is 16.2. The van der Waals surface area contributed by atoms with Gasteiger partial charge in [0.2, 0.25) is 11.8 Å². The molecule has 4 rings (SSSR count). The topological polar surface area (TPSA) is 79.6 Å². The van der Waals surface area contributed by atoms with Gasteiger partial charge in [-0.1, -0.05) is 30.3 Å². The molecule has 1 aromatic carbocycles. The molecule has 0 radical (unpaired) electrons. The SMILES string of the molecule is CN1C(=O)CC[C@@H](C(=O)Nc2ccnc3ccnn23)[C@H]1c1ccccc1. The highest BCUT2D eigenvalue weighted by molar-refractivity contribution is 5.94. The van der Waals surface area contributed by atoms with Gasteiger partial charge in [-0.15, -0.1) is 0 Å². The number of hydrogen-bond acceptors (Lipinski definition) is 4. The lowest BCUT2D eigenvalue weighted by molar-refractivity contribution is -0.140. The zero-order valence-electron chi connectivity index (χ0n) is 14.4. The van der Waals surface area contributed by atoms with Crippen LogP contribution in [-0.4, -0.2) is 38.4 Å². The lowest BCUT2D eigenvalue weighted by Crippen LogP contribution is -2.44. The number of fused-ring (bicyclic) bond motifs is 1. The molecule has 1 aliphatic rings. The molecule has 26 heavy (non-hydrogen) atoms. The molecule has 2 atom stereocenters. The van der Waals surface area contributed by atoms with E-state index in [1.54, 1.807) is 41.0 Å². The molecule has 0 bridgehead atoms. The lowest BCUT2D eigenvalue weighted by Gasteiger charge is -2.38. The summed E-state index contributed by atoms with van der Waals surface area (Å²) < 4.78 is 1.59. The van der Waals surface area contributed by atoms with E-state index in [2.05, 4.69) is 15.4 Å². The van der Waals surface area contributed by atoms with Crippen molar-refractivity contribution in [3.63, 3.8) is 0 Å². The second-order valence-corrected chi connectivity index (χ2v) is 6.43. The molecule has 0 aliphatic carbocycles. The zero-order valence-corrected chi connectivity index (χ0v) is 14.4. The van der Waals surface area contributed by atoms with Gasteiger partial charge in [-0.3, -0.25) is 9.59 Å². The van der Waals surface area contributed by atoms with Crippen LogP contribution >= 0.6 is 0 Å². The number of rotatable bonds is 3. The normalized spacial score (nSPS) is 20.3. The van der Waals surface area contributed by atoms with E-state index in [9.17, 15) is 9.59 Å². The second kappa shape index (κ2) is 6.59. The Labute approximate surface area is 150 Å². The first-order valence-electron chi connectivity index (χ1n) is 8.55. The minimum absolute atomic E-state index is 0.0567. The number of hydrogen-bond donors (Lipinski definition) is 1. The molecule has 2 amide bonds. The first-order valence-corrected chi connectivity index (χ1v) is 8.55. The van der Waals surface area contributed by atoms with Crippen LogP contribution in [0.5, 0.6) is 0 Å². The van der Waals surface area contributed by atoms with E-state index >= 15 is 0 Å². The fourth-order valence-electron chi connectivity index (χ4n) is 3.57. The lowest BCUT2D eigenvalue weighted by atomic mass is 9.84. The van der Waals surface area contributed by atoms with Gasteiger partial charge in [-0.25, -0.2) is 4.98 Å². The van der Waals surface area contributed by atoms with Crippen LogP contribution in [0.25, 0.3) is 5.65 Å². The number of anilines is 1. The van der Waals surface area contributed by atoms with Gasteiger partial charge in [-0.05, 0) is 18.1 Å². The molecule has 3 aromatic rings. The number of aromatic nitrogens is 3. The molecule has 0 saturated carbocycles. The fraction of sp³-hybridized carbons (Fsp3) is 0.263. The number of likely N-dealkylation sites (tertiary alicyclic amines) is 1. The minimum atomic E-state index is -0.334. The van der Waals surface area contributed by atoms with Crippen LogP contribution in [-0.2, 0) is 9.59 Å². The van der Waals surface area contributed by atoms with E-state index in [4.69, 9.17) is 0 Å². The monoisotopic (exact) mass is 349 g/mol. The van der Waals surface area contributed by atoms with Crippen molar-refractivity contribution in [1.82, 2.24) is 19.5 Å². The van der Waals surface area contributed by atoms with Crippen molar-refractivity contribution in [2.75, 3.05) is 12.4 Å². The maximum Gasteiger partial charge on any atom is 0.231 e. The van der Waals surface area contributed by atoms with Crippen LogP contribution in [0.15, 0.2) is 54.9 Å². The van der Waals surface area contributed by atoms with Crippen LogP contribution in [0.2, 0.25) is 0 Å². The fourth-order valence-corrected chi connectivity index (χ4v) is 3.57. The van der Waals surface area contributed by atoms with Gasteiger partial charge in [0.25, 0.3) is 0 Å². The summed E-state index contributed by atoms with van der Waals surface area (Å²) in [5.74, 6) is 0.165. The van der Waals surface area contributed by atoms with Crippen LogP contribution in [0.4, 0.5) is 5.82 Å². The number of benzene rings is 1. The Morgan fingerprint density at radius 3 is 2.77 bits per heavy atom. The van der Waals surface area contributed by atoms with Crippen LogP contribution in [0, 0.1) is 5.92 Å². The van der Waals surface area contributed by atoms with Crippen LogP contribution in [0.1, 0.15) is 24.4 Å². The Kier molecular flexibility index (Phi) is 4.12. The number of carbonyl (C=O) groups is 2. The summed E-state index contributed by atoms with van der Waals surface area (Å²) in [6, 6.07) is 12.9. The summed E-state index contributed by atoms with van der Waals surface area (Å²) in [6.45, 7) is 0. The van der Waals surface area contributed by atoms with Crippen molar-refractivity contribution < 1.29 is 9.59 Å². The molecular weight excluding hydrogens is 330 g/mol. The molecule has 7 heteroatoms. The van der Waals surface area contributed by atoms with Gasteiger partial charge in [-0.2, -0.15) is 9.61 Å². The second-order valence-electron chi connectivity index (χ2n) is 6.43.